The fourth-order valence-corrected chi connectivity index (χ4v) is 8.36. The first kappa shape index (κ1) is 45.3. The number of ketones is 4. The van der Waals surface area contributed by atoms with E-state index in [1.54, 1.807) is 4.90 Å². The first-order chi connectivity index (χ1) is 26.0. The van der Waals surface area contributed by atoms with E-state index in [2.05, 4.69) is 0 Å². The molecule has 312 valence electrons. The van der Waals surface area contributed by atoms with Gasteiger partial charge in [0, 0.05) is 70.6 Å². The molecule has 2 amide bonds. The zero-order chi connectivity index (χ0) is 41.7. The predicted molar refractivity (Wildman–Crippen MR) is 214 cm³/mol. The number of hydrogen-bond acceptors (Lipinski definition) is 9. The van der Waals surface area contributed by atoms with Crippen LogP contribution in [0.3, 0.4) is 0 Å². The summed E-state index contributed by atoms with van der Waals surface area (Å²) in [6.45, 7) is 14.3. The Bertz CT molecular complexity index is 1740. The number of carbonyl (C=O) groups excluding carboxylic acids is 6. The van der Waals surface area contributed by atoms with Gasteiger partial charge in [-0.15, -0.1) is 0 Å². The van der Waals surface area contributed by atoms with Crippen LogP contribution in [0.25, 0.3) is 0 Å². The number of nitrogens with zero attached hydrogens (tertiary/aromatic N) is 3. The molecule has 2 unspecified atom stereocenters. The number of likely N-dealkylation sites (tertiary alicyclic amines) is 1. The van der Waals surface area contributed by atoms with Gasteiger partial charge in [-0.2, -0.15) is 0 Å². The zero-order valence-electron chi connectivity index (χ0n) is 35.1. The second-order valence-electron chi connectivity index (χ2n) is 18.8. The Balaban J connectivity index is 1.57. The number of fused-ring (bicyclic) bond motifs is 1. The summed E-state index contributed by atoms with van der Waals surface area (Å²) in [7, 11) is -2.00. The van der Waals surface area contributed by atoms with E-state index in [0.717, 1.165) is 24.7 Å². The SMILES string of the molecule is CCCC(CC(=O)[C@@H]1CC(OC(=O)N2CCc3ccccc3C2)CN1C(=O)[C@@H](CC(=O)C[C@H](CN(C)S(C)(=O)=O)C(C)(C)C)C(C)(C)C)C(=O)C(=O)CC1CC1. The van der Waals surface area contributed by atoms with E-state index in [1.165, 1.54) is 21.8 Å². The molecule has 12 nitrogen and oxygen atoms in total. The molecular formula is C43H65N3O9S. The third-order valence-corrected chi connectivity index (χ3v) is 13.3. The van der Waals surface area contributed by atoms with Gasteiger partial charge in [-0.1, -0.05) is 79.2 Å². The maximum Gasteiger partial charge on any atom is 0.410 e. The fraction of sp³-hybridized carbons (Fsp3) is 0.721. The first-order valence-corrected chi connectivity index (χ1v) is 22.2. The van der Waals surface area contributed by atoms with E-state index in [4.69, 9.17) is 4.74 Å². The number of Topliss-reactive ketones (excluding diaryl/α,β-unsaturated/α-hetero) is 4. The van der Waals surface area contributed by atoms with E-state index >= 15 is 0 Å². The van der Waals surface area contributed by atoms with Crippen LogP contribution in [0.2, 0.25) is 0 Å². The van der Waals surface area contributed by atoms with E-state index in [9.17, 15) is 37.2 Å². The maximum atomic E-state index is 14.7. The van der Waals surface area contributed by atoms with E-state index in [-0.39, 0.29) is 68.6 Å². The number of benzene rings is 1. The topological polar surface area (TPSA) is 156 Å². The van der Waals surface area contributed by atoms with Gasteiger partial charge in [0.1, 0.15) is 11.9 Å². The van der Waals surface area contributed by atoms with Crippen LogP contribution in [-0.4, -0.2) is 103 Å². The summed E-state index contributed by atoms with van der Waals surface area (Å²) in [4.78, 5) is 85.7. The van der Waals surface area contributed by atoms with Crippen molar-refractivity contribution in [1.29, 1.82) is 0 Å². The van der Waals surface area contributed by atoms with Crippen LogP contribution >= 0.6 is 0 Å². The molecule has 2 fully saturated rings. The number of rotatable bonds is 18. The molecule has 13 heteroatoms. The van der Waals surface area contributed by atoms with Gasteiger partial charge in [0.05, 0.1) is 18.8 Å². The molecule has 1 aromatic carbocycles. The third-order valence-electron chi connectivity index (χ3n) is 12.0. The molecule has 2 aliphatic heterocycles. The fourth-order valence-electron chi connectivity index (χ4n) is 7.91. The minimum Gasteiger partial charge on any atom is -0.444 e. The van der Waals surface area contributed by atoms with Gasteiger partial charge >= 0.3 is 6.09 Å². The Labute approximate surface area is 334 Å². The monoisotopic (exact) mass is 799 g/mol. The van der Waals surface area contributed by atoms with Crippen LogP contribution in [0.5, 0.6) is 0 Å². The Morgan fingerprint density at radius 1 is 0.929 bits per heavy atom. The van der Waals surface area contributed by atoms with Crippen molar-refractivity contribution in [3.63, 3.8) is 0 Å². The quantitative estimate of drug-likeness (QED) is 0.162. The van der Waals surface area contributed by atoms with Crippen molar-refractivity contribution in [1.82, 2.24) is 14.1 Å². The van der Waals surface area contributed by atoms with E-state index < -0.39 is 68.4 Å². The van der Waals surface area contributed by atoms with Gasteiger partial charge in [0.25, 0.3) is 0 Å². The van der Waals surface area contributed by atoms with Crippen LogP contribution in [0.4, 0.5) is 4.79 Å². The Morgan fingerprint density at radius 2 is 1.57 bits per heavy atom. The molecule has 0 bridgehead atoms. The second kappa shape index (κ2) is 18.4. The summed E-state index contributed by atoms with van der Waals surface area (Å²) in [5.74, 6) is -3.72. The lowest BCUT2D eigenvalue weighted by molar-refractivity contribution is -0.147. The number of sulfonamides is 1. The van der Waals surface area contributed by atoms with E-state index in [0.29, 0.717) is 32.4 Å². The summed E-state index contributed by atoms with van der Waals surface area (Å²) in [5.41, 5.74) is 1.07. The van der Waals surface area contributed by atoms with Crippen molar-refractivity contribution < 1.29 is 41.9 Å². The van der Waals surface area contributed by atoms with Crippen molar-refractivity contribution in [3.05, 3.63) is 35.4 Å². The summed E-state index contributed by atoms with van der Waals surface area (Å²) < 4.78 is 31.8. The van der Waals surface area contributed by atoms with Gasteiger partial charge in [-0.25, -0.2) is 17.5 Å². The standard InChI is InChI=1S/C43H65N3O9S/c1-10-13-30(39(50)38(49)20-28-16-17-28)21-37(48)36-24-34(55-41(52)45-19-18-29-14-11-12-15-31(29)25-45)27-46(36)40(51)35(43(5,6)7)23-33(47)22-32(42(2,3)4)26-44(8)56(9,53)54/h11-12,14-15,28,30,32,34-36H,10,13,16-27H2,1-9H3/t30?,32-,34?,35-,36+/m1/s1. The predicted octanol–water partition coefficient (Wildman–Crippen LogP) is 6.03. The van der Waals surface area contributed by atoms with Gasteiger partial charge in [-0.05, 0) is 59.5 Å². The molecule has 0 spiro atoms. The minimum absolute atomic E-state index is 0.0402. The molecule has 5 atom stereocenters. The van der Waals surface area contributed by atoms with Gasteiger partial charge in [0.15, 0.2) is 11.6 Å². The highest BCUT2D eigenvalue weighted by atomic mass is 32.2. The molecule has 3 aliphatic rings. The molecule has 0 radical (unpaired) electrons. The van der Waals surface area contributed by atoms with Crippen LogP contribution in [0.1, 0.15) is 117 Å². The number of ether oxygens (including phenoxy) is 1. The van der Waals surface area contributed by atoms with Gasteiger partial charge in [-0.3, -0.25) is 24.0 Å². The van der Waals surface area contributed by atoms with Gasteiger partial charge < -0.3 is 14.5 Å². The highest BCUT2D eigenvalue weighted by molar-refractivity contribution is 7.88. The normalized spacial score (nSPS) is 20.6. The molecule has 1 saturated carbocycles. The molecule has 1 saturated heterocycles. The molecule has 56 heavy (non-hydrogen) atoms. The maximum absolute atomic E-state index is 14.7. The van der Waals surface area contributed by atoms with Crippen LogP contribution in [-0.2, 0) is 51.7 Å². The number of carbonyl (C=O) groups is 6. The molecule has 1 aromatic rings. The first-order valence-electron chi connectivity index (χ1n) is 20.3. The average molecular weight is 800 g/mol. The molecular weight excluding hydrogens is 735 g/mol. The van der Waals surface area contributed by atoms with Crippen LogP contribution in [0, 0.1) is 34.5 Å². The lowest BCUT2D eigenvalue weighted by Gasteiger charge is -2.36. The molecule has 4 rings (SSSR count). The van der Waals surface area contributed by atoms with Crippen LogP contribution < -0.4 is 0 Å². The molecule has 0 aromatic heterocycles. The average Bonchev–Trinajstić information content (AvgIpc) is 3.82. The second-order valence-corrected chi connectivity index (χ2v) is 20.8. The van der Waals surface area contributed by atoms with E-state index in [1.807, 2.05) is 72.7 Å². The van der Waals surface area contributed by atoms with Crippen LogP contribution in [0.15, 0.2) is 24.3 Å². The smallest absolute Gasteiger partial charge is 0.410 e. The van der Waals surface area contributed by atoms with Crippen molar-refractivity contribution >= 4 is 45.2 Å². The summed E-state index contributed by atoms with van der Waals surface area (Å²) in [6, 6.07) is 6.89. The number of hydrogen-bond donors (Lipinski definition) is 0. The van der Waals surface area contributed by atoms with Crippen molar-refractivity contribution in [3.8, 4) is 0 Å². The van der Waals surface area contributed by atoms with Crippen molar-refractivity contribution in [2.45, 2.75) is 131 Å². The molecule has 2 heterocycles. The Morgan fingerprint density at radius 3 is 2.14 bits per heavy atom. The Hall–Kier alpha value is -3.45. The summed E-state index contributed by atoms with van der Waals surface area (Å²) in [6.07, 6.45) is 3.22. The minimum atomic E-state index is -3.49. The highest BCUT2D eigenvalue weighted by Gasteiger charge is 2.47. The largest absolute Gasteiger partial charge is 0.444 e. The number of amides is 2. The molecule has 0 N–H and O–H groups in total. The third kappa shape index (κ3) is 12.3. The van der Waals surface area contributed by atoms with Gasteiger partial charge in [0.2, 0.25) is 21.7 Å². The summed E-state index contributed by atoms with van der Waals surface area (Å²) in [5, 5.41) is 0. The Kier molecular flexibility index (Phi) is 14.9. The highest BCUT2D eigenvalue weighted by Crippen LogP contribution is 2.38. The van der Waals surface area contributed by atoms with Crippen molar-refractivity contribution in [2.75, 3.05) is 32.9 Å². The molecule has 1 aliphatic carbocycles. The lowest BCUT2D eigenvalue weighted by atomic mass is 9.73. The summed E-state index contributed by atoms with van der Waals surface area (Å²) >= 11 is 0. The lowest BCUT2D eigenvalue weighted by Crippen LogP contribution is -2.48. The zero-order valence-corrected chi connectivity index (χ0v) is 35.9. The van der Waals surface area contributed by atoms with Crippen molar-refractivity contribution in [2.24, 2.45) is 34.5 Å².